The average molecular weight is 318 g/mol. The van der Waals surface area contributed by atoms with Crippen LogP contribution in [-0.4, -0.2) is 44.6 Å². The molecule has 2 rings (SSSR count). The molecular formula is C16H18N2O5. The minimum absolute atomic E-state index is 0.0718. The molecule has 1 aromatic rings. The number of methoxy groups -OCH3 is 2. The zero-order valence-electron chi connectivity index (χ0n) is 12.9. The SMILES string of the molecule is COC(=O)/C=C/C(=O)NC1CC(=O)N(c2ccc(OC)cc2)C1. The fourth-order valence-electron chi connectivity index (χ4n) is 2.28. The van der Waals surface area contributed by atoms with Crippen LogP contribution in [0, 0.1) is 0 Å². The minimum atomic E-state index is -0.609. The lowest BCUT2D eigenvalue weighted by atomic mass is 10.2. The highest BCUT2D eigenvalue weighted by Gasteiger charge is 2.31. The Bertz CT molecular complexity index is 624. The van der Waals surface area contributed by atoms with E-state index in [1.807, 2.05) is 0 Å². The Morgan fingerprint density at radius 2 is 1.91 bits per heavy atom. The Labute approximate surface area is 133 Å². The number of anilines is 1. The summed E-state index contributed by atoms with van der Waals surface area (Å²) in [5, 5.41) is 2.69. The summed E-state index contributed by atoms with van der Waals surface area (Å²) < 4.78 is 9.49. The standard InChI is InChI=1S/C16H18N2O5/c1-22-13-5-3-12(4-6-13)18-10-11(9-15(18)20)17-14(19)7-8-16(21)23-2/h3-8,11H,9-10H2,1-2H3,(H,17,19)/b8-7+. The molecule has 7 nitrogen and oxygen atoms in total. The number of benzene rings is 1. The first-order chi connectivity index (χ1) is 11.0. The largest absolute Gasteiger partial charge is 0.497 e. The summed E-state index contributed by atoms with van der Waals surface area (Å²) in [4.78, 5) is 36.3. The molecule has 1 fully saturated rings. The molecule has 0 spiro atoms. The quantitative estimate of drug-likeness (QED) is 0.636. The van der Waals surface area contributed by atoms with E-state index >= 15 is 0 Å². The number of carbonyl (C=O) groups is 3. The summed E-state index contributed by atoms with van der Waals surface area (Å²) in [5.41, 5.74) is 0.748. The number of hydrogen-bond donors (Lipinski definition) is 1. The number of nitrogens with one attached hydrogen (secondary N) is 1. The van der Waals surface area contributed by atoms with E-state index < -0.39 is 11.9 Å². The molecule has 1 saturated heterocycles. The number of carbonyl (C=O) groups excluding carboxylic acids is 3. The summed E-state index contributed by atoms with van der Waals surface area (Å²) in [7, 11) is 2.80. The Morgan fingerprint density at radius 1 is 1.22 bits per heavy atom. The molecule has 1 N–H and O–H groups in total. The van der Waals surface area contributed by atoms with Crippen LogP contribution < -0.4 is 15.0 Å². The third-order valence-electron chi connectivity index (χ3n) is 3.43. The van der Waals surface area contributed by atoms with Gasteiger partial charge >= 0.3 is 5.97 Å². The third-order valence-corrected chi connectivity index (χ3v) is 3.43. The van der Waals surface area contributed by atoms with Crippen molar-refractivity contribution in [2.45, 2.75) is 12.5 Å². The van der Waals surface area contributed by atoms with Gasteiger partial charge in [0.1, 0.15) is 5.75 Å². The molecule has 1 aliphatic heterocycles. The van der Waals surface area contributed by atoms with Gasteiger partial charge in [-0.05, 0) is 24.3 Å². The normalized spacial score (nSPS) is 17.4. The van der Waals surface area contributed by atoms with Gasteiger partial charge in [0.05, 0.1) is 20.3 Å². The van der Waals surface area contributed by atoms with Gasteiger partial charge in [-0.25, -0.2) is 4.79 Å². The first-order valence-corrected chi connectivity index (χ1v) is 7.04. The molecule has 1 aromatic carbocycles. The Morgan fingerprint density at radius 3 is 2.52 bits per heavy atom. The zero-order chi connectivity index (χ0) is 16.8. The van der Waals surface area contributed by atoms with Gasteiger partial charge in [0.25, 0.3) is 0 Å². The molecule has 1 unspecified atom stereocenters. The lowest BCUT2D eigenvalue weighted by Crippen LogP contribution is -2.36. The highest BCUT2D eigenvalue weighted by atomic mass is 16.5. The maximum atomic E-state index is 12.1. The molecular weight excluding hydrogens is 300 g/mol. The molecule has 0 aliphatic carbocycles. The van der Waals surface area contributed by atoms with Crippen molar-refractivity contribution in [3.8, 4) is 5.75 Å². The number of hydrogen-bond acceptors (Lipinski definition) is 5. The number of amides is 2. The first kappa shape index (κ1) is 16.5. The molecule has 0 saturated carbocycles. The van der Waals surface area contributed by atoms with Crippen LogP contribution in [0.2, 0.25) is 0 Å². The monoisotopic (exact) mass is 318 g/mol. The van der Waals surface area contributed by atoms with Crippen molar-refractivity contribution in [2.24, 2.45) is 0 Å². The van der Waals surface area contributed by atoms with Gasteiger partial charge in [0.2, 0.25) is 11.8 Å². The summed E-state index contributed by atoms with van der Waals surface area (Å²) in [6.45, 7) is 0.378. The molecule has 122 valence electrons. The van der Waals surface area contributed by atoms with E-state index in [1.54, 1.807) is 36.3 Å². The molecule has 1 heterocycles. The number of rotatable bonds is 5. The molecule has 1 aliphatic rings. The molecule has 2 amide bonds. The second kappa shape index (κ2) is 7.44. The van der Waals surface area contributed by atoms with Gasteiger partial charge in [-0.1, -0.05) is 0 Å². The predicted molar refractivity (Wildman–Crippen MR) is 83.1 cm³/mol. The van der Waals surface area contributed by atoms with E-state index in [-0.39, 0.29) is 18.4 Å². The van der Waals surface area contributed by atoms with Crippen molar-refractivity contribution >= 4 is 23.5 Å². The second-order valence-corrected chi connectivity index (χ2v) is 4.97. The fraction of sp³-hybridized carbons (Fsp3) is 0.312. The summed E-state index contributed by atoms with van der Waals surface area (Å²) in [6.07, 6.45) is 2.34. The Kier molecular flexibility index (Phi) is 5.35. The number of ether oxygens (including phenoxy) is 2. The summed E-state index contributed by atoms with van der Waals surface area (Å²) >= 11 is 0. The molecule has 1 atom stereocenters. The van der Waals surface area contributed by atoms with Crippen LogP contribution in [0.1, 0.15) is 6.42 Å². The van der Waals surface area contributed by atoms with Gasteiger partial charge in [-0.15, -0.1) is 0 Å². The van der Waals surface area contributed by atoms with Crippen molar-refractivity contribution in [1.29, 1.82) is 0 Å². The van der Waals surface area contributed by atoms with E-state index in [0.717, 1.165) is 17.8 Å². The third kappa shape index (κ3) is 4.32. The van der Waals surface area contributed by atoms with E-state index in [1.165, 1.54) is 7.11 Å². The van der Waals surface area contributed by atoms with Crippen LogP contribution in [0.15, 0.2) is 36.4 Å². The molecule has 7 heteroatoms. The van der Waals surface area contributed by atoms with E-state index in [4.69, 9.17) is 4.74 Å². The number of nitrogens with zero attached hydrogens (tertiary/aromatic N) is 1. The van der Waals surface area contributed by atoms with Gasteiger partial charge in [-0.3, -0.25) is 9.59 Å². The van der Waals surface area contributed by atoms with Crippen LogP contribution in [0.3, 0.4) is 0 Å². The van der Waals surface area contributed by atoms with E-state index in [2.05, 4.69) is 10.1 Å². The van der Waals surface area contributed by atoms with E-state index in [0.29, 0.717) is 12.3 Å². The molecule has 0 bridgehead atoms. The van der Waals surface area contributed by atoms with Crippen molar-refractivity contribution in [2.75, 3.05) is 25.7 Å². The molecule has 0 radical (unpaired) electrons. The van der Waals surface area contributed by atoms with Gasteiger partial charge in [0.15, 0.2) is 0 Å². The van der Waals surface area contributed by atoms with Gasteiger partial charge < -0.3 is 19.7 Å². The van der Waals surface area contributed by atoms with E-state index in [9.17, 15) is 14.4 Å². The van der Waals surface area contributed by atoms with Crippen molar-refractivity contribution in [3.63, 3.8) is 0 Å². The lowest BCUT2D eigenvalue weighted by Gasteiger charge is -2.17. The summed E-state index contributed by atoms with van der Waals surface area (Å²) in [6, 6.07) is 6.82. The fourth-order valence-corrected chi connectivity index (χ4v) is 2.28. The maximum absolute atomic E-state index is 12.1. The maximum Gasteiger partial charge on any atom is 0.330 e. The summed E-state index contributed by atoms with van der Waals surface area (Å²) in [5.74, 6) is -0.414. The van der Waals surface area contributed by atoms with Crippen LogP contribution >= 0.6 is 0 Å². The smallest absolute Gasteiger partial charge is 0.330 e. The molecule has 23 heavy (non-hydrogen) atoms. The predicted octanol–water partition coefficient (Wildman–Crippen LogP) is 0.646. The second-order valence-electron chi connectivity index (χ2n) is 4.97. The zero-order valence-corrected chi connectivity index (χ0v) is 12.9. The van der Waals surface area contributed by atoms with Crippen LogP contribution in [0.5, 0.6) is 5.75 Å². The highest BCUT2D eigenvalue weighted by molar-refractivity contribution is 5.98. The lowest BCUT2D eigenvalue weighted by molar-refractivity contribution is -0.135. The average Bonchev–Trinajstić information content (AvgIpc) is 2.92. The first-order valence-electron chi connectivity index (χ1n) is 7.04. The van der Waals surface area contributed by atoms with Gasteiger partial charge in [-0.2, -0.15) is 0 Å². The van der Waals surface area contributed by atoms with Crippen LogP contribution in [0.25, 0.3) is 0 Å². The Balaban J connectivity index is 1.95. The van der Waals surface area contributed by atoms with Gasteiger partial charge in [0, 0.05) is 30.8 Å². The topological polar surface area (TPSA) is 84.9 Å². The number of esters is 1. The highest BCUT2D eigenvalue weighted by Crippen LogP contribution is 2.24. The minimum Gasteiger partial charge on any atom is -0.497 e. The Hall–Kier alpha value is -2.83. The van der Waals surface area contributed by atoms with Crippen molar-refractivity contribution < 1.29 is 23.9 Å². The molecule has 0 aromatic heterocycles. The van der Waals surface area contributed by atoms with Crippen molar-refractivity contribution in [3.05, 3.63) is 36.4 Å². The van der Waals surface area contributed by atoms with Crippen molar-refractivity contribution in [1.82, 2.24) is 5.32 Å². The van der Waals surface area contributed by atoms with Crippen LogP contribution in [-0.2, 0) is 19.1 Å². The van der Waals surface area contributed by atoms with Crippen LogP contribution in [0.4, 0.5) is 5.69 Å².